The molecule has 1 aromatic rings. The smallest absolute Gasteiger partial charge is 0.258 e. The van der Waals surface area contributed by atoms with E-state index in [0.29, 0.717) is 12.1 Å². The molecular formula is C8H3F2NO2. The zero-order valence-electron chi connectivity index (χ0n) is 6.25. The molecule has 0 atom stereocenters. The van der Waals surface area contributed by atoms with E-state index in [-0.39, 0.29) is 5.56 Å². The minimum Gasteiger partial charge on any atom is -0.258 e. The standard InChI is InChI=1S/C8H3F2NO2/c1-2-5-3-6(9)7(10)4-8(5)11(12)13/h1,3-4H. The molecule has 0 saturated carbocycles. The summed E-state index contributed by atoms with van der Waals surface area (Å²) in [6, 6.07) is 1.08. The van der Waals surface area contributed by atoms with Gasteiger partial charge >= 0.3 is 0 Å². The van der Waals surface area contributed by atoms with Gasteiger partial charge in [-0.1, -0.05) is 5.92 Å². The first-order valence-electron chi connectivity index (χ1n) is 3.16. The molecule has 1 rings (SSSR count). The lowest BCUT2D eigenvalue weighted by molar-refractivity contribution is -0.385. The van der Waals surface area contributed by atoms with Crippen LogP contribution < -0.4 is 0 Å². The normalized spacial score (nSPS) is 9.31. The van der Waals surface area contributed by atoms with Crippen molar-refractivity contribution in [2.45, 2.75) is 0 Å². The first kappa shape index (κ1) is 9.13. The Morgan fingerprint density at radius 2 is 1.92 bits per heavy atom. The van der Waals surface area contributed by atoms with Crippen molar-refractivity contribution in [1.29, 1.82) is 0 Å². The minimum absolute atomic E-state index is 0.274. The van der Waals surface area contributed by atoms with E-state index in [1.54, 1.807) is 0 Å². The molecule has 0 heterocycles. The molecule has 0 bridgehead atoms. The van der Waals surface area contributed by atoms with Crippen LogP contribution >= 0.6 is 0 Å². The summed E-state index contributed by atoms with van der Waals surface area (Å²) in [6.45, 7) is 0. The van der Waals surface area contributed by atoms with Gasteiger partial charge in [-0.05, 0) is 6.07 Å². The van der Waals surface area contributed by atoms with Crippen molar-refractivity contribution in [3.05, 3.63) is 39.4 Å². The molecule has 1 aromatic carbocycles. The third kappa shape index (κ3) is 1.62. The quantitative estimate of drug-likeness (QED) is 0.379. The third-order valence-corrected chi connectivity index (χ3v) is 1.39. The SMILES string of the molecule is C#Cc1cc(F)c(F)cc1[N+](=O)[O-]. The maximum atomic E-state index is 12.5. The Balaban J connectivity index is 3.44. The summed E-state index contributed by atoms with van der Waals surface area (Å²) in [5, 5.41) is 10.3. The maximum absolute atomic E-state index is 12.5. The van der Waals surface area contributed by atoms with E-state index >= 15 is 0 Å². The first-order valence-corrected chi connectivity index (χ1v) is 3.16. The van der Waals surface area contributed by atoms with Gasteiger partial charge in [0.25, 0.3) is 5.69 Å². The van der Waals surface area contributed by atoms with Crippen molar-refractivity contribution in [3.63, 3.8) is 0 Å². The second-order valence-corrected chi connectivity index (χ2v) is 2.18. The lowest BCUT2D eigenvalue weighted by Gasteiger charge is -1.96. The largest absolute Gasteiger partial charge is 0.288 e. The highest BCUT2D eigenvalue weighted by Crippen LogP contribution is 2.20. The number of halogens is 2. The van der Waals surface area contributed by atoms with Gasteiger partial charge in [0.1, 0.15) is 5.56 Å². The zero-order chi connectivity index (χ0) is 10.0. The Kier molecular flexibility index (Phi) is 2.24. The molecule has 0 aromatic heterocycles. The van der Waals surface area contributed by atoms with E-state index < -0.39 is 22.2 Å². The highest BCUT2D eigenvalue weighted by molar-refractivity contribution is 5.50. The highest BCUT2D eigenvalue weighted by Gasteiger charge is 2.16. The van der Waals surface area contributed by atoms with Gasteiger partial charge in [-0.2, -0.15) is 0 Å². The van der Waals surface area contributed by atoms with Crippen LogP contribution in [-0.4, -0.2) is 4.92 Å². The average molecular weight is 183 g/mol. The molecule has 0 aliphatic rings. The van der Waals surface area contributed by atoms with E-state index in [0.717, 1.165) is 0 Å². The fraction of sp³-hybridized carbons (Fsp3) is 0. The van der Waals surface area contributed by atoms with Crippen LogP contribution in [0.3, 0.4) is 0 Å². The van der Waals surface area contributed by atoms with E-state index in [1.165, 1.54) is 0 Å². The number of nitro benzene ring substituents is 1. The van der Waals surface area contributed by atoms with Gasteiger partial charge in [0.2, 0.25) is 0 Å². The number of terminal acetylenes is 1. The molecule has 0 spiro atoms. The first-order chi connectivity index (χ1) is 6.06. The number of nitro groups is 1. The number of hydrogen-bond acceptors (Lipinski definition) is 2. The summed E-state index contributed by atoms with van der Waals surface area (Å²) in [6.07, 6.45) is 4.86. The van der Waals surface area contributed by atoms with Crippen LogP contribution in [0.2, 0.25) is 0 Å². The molecule has 0 saturated heterocycles. The van der Waals surface area contributed by atoms with Crippen LogP contribution in [0.5, 0.6) is 0 Å². The summed E-state index contributed by atoms with van der Waals surface area (Å²) >= 11 is 0. The Bertz CT molecular complexity index is 409. The van der Waals surface area contributed by atoms with Gasteiger partial charge in [-0.3, -0.25) is 10.1 Å². The molecule has 0 N–H and O–H groups in total. The van der Waals surface area contributed by atoms with Crippen LogP contribution in [0.4, 0.5) is 14.5 Å². The number of nitrogens with zero attached hydrogens (tertiary/aromatic N) is 1. The Labute approximate surface area is 72.1 Å². The summed E-state index contributed by atoms with van der Waals surface area (Å²) in [5.74, 6) is -0.586. The molecular weight excluding hydrogens is 180 g/mol. The second-order valence-electron chi connectivity index (χ2n) is 2.18. The molecule has 0 unspecified atom stereocenters. The predicted octanol–water partition coefficient (Wildman–Crippen LogP) is 1.85. The lowest BCUT2D eigenvalue weighted by atomic mass is 10.2. The van der Waals surface area contributed by atoms with Crippen LogP contribution in [-0.2, 0) is 0 Å². The maximum Gasteiger partial charge on any atom is 0.288 e. The van der Waals surface area contributed by atoms with Gasteiger partial charge < -0.3 is 0 Å². The summed E-state index contributed by atoms with van der Waals surface area (Å²) < 4.78 is 25.0. The van der Waals surface area contributed by atoms with Crippen molar-refractivity contribution in [3.8, 4) is 12.3 Å². The van der Waals surface area contributed by atoms with E-state index in [2.05, 4.69) is 0 Å². The summed E-state index contributed by atoms with van der Waals surface area (Å²) in [5.41, 5.74) is -0.884. The predicted molar refractivity (Wildman–Crippen MR) is 40.9 cm³/mol. The zero-order valence-corrected chi connectivity index (χ0v) is 6.25. The number of hydrogen-bond donors (Lipinski definition) is 0. The van der Waals surface area contributed by atoms with Gasteiger partial charge in [0, 0.05) is 0 Å². The van der Waals surface area contributed by atoms with Crippen LogP contribution in [0, 0.1) is 34.1 Å². The fourth-order valence-corrected chi connectivity index (χ4v) is 0.803. The molecule has 5 heteroatoms. The Morgan fingerprint density at radius 3 is 2.38 bits per heavy atom. The Hall–Kier alpha value is -1.96. The second kappa shape index (κ2) is 3.19. The molecule has 0 fully saturated rings. The third-order valence-electron chi connectivity index (χ3n) is 1.39. The van der Waals surface area contributed by atoms with E-state index in [4.69, 9.17) is 6.42 Å². The molecule has 0 amide bonds. The van der Waals surface area contributed by atoms with E-state index in [1.807, 2.05) is 5.92 Å². The van der Waals surface area contributed by atoms with E-state index in [9.17, 15) is 18.9 Å². The molecule has 0 aliphatic carbocycles. The molecule has 0 aliphatic heterocycles. The van der Waals surface area contributed by atoms with Gasteiger partial charge in [0.05, 0.1) is 11.0 Å². The van der Waals surface area contributed by atoms with Gasteiger partial charge in [-0.25, -0.2) is 8.78 Å². The number of rotatable bonds is 1. The van der Waals surface area contributed by atoms with Crippen LogP contribution in [0.25, 0.3) is 0 Å². The Morgan fingerprint density at radius 1 is 1.38 bits per heavy atom. The van der Waals surface area contributed by atoms with Crippen molar-refractivity contribution in [1.82, 2.24) is 0 Å². The summed E-state index contributed by atoms with van der Waals surface area (Å²) in [7, 11) is 0. The van der Waals surface area contributed by atoms with Crippen molar-refractivity contribution in [2.75, 3.05) is 0 Å². The fourth-order valence-electron chi connectivity index (χ4n) is 0.803. The topological polar surface area (TPSA) is 43.1 Å². The molecule has 13 heavy (non-hydrogen) atoms. The van der Waals surface area contributed by atoms with Crippen LogP contribution in [0.1, 0.15) is 5.56 Å². The molecule has 66 valence electrons. The minimum atomic E-state index is -1.29. The molecule has 3 nitrogen and oxygen atoms in total. The monoisotopic (exact) mass is 183 g/mol. The lowest BCUT2D eigenvalue weighted by Crippen LogP contribution is -1.95. The molecule has 0 radical (unpaired) electrons. The van der Waals surface area contributed by atoms with Crippen molar-refractivity contribution >= 4 is 5.69 Å². The van der Waals surface area contributed by atoms with Gasteiger partial charge in [0.15, 0.2) is 11.6 Å². The highest BCUT2D eigenvalue weighted by atomic mass is 19.2. The summed E-state index contributed by atoms with van der Waals surface area (Å²) in [4.78, 5) is 9.40. The van der Waals surface area contributed by atoms with Crippen molar-refractivity contribution in [2.24, 2.45) is 0 Å². The van der Waals surface area contributed by atoms with Crippen molar-refractivity contribution < 1.29 is 13.7 Å². The average Bonchev–Trinajstić information content (AvgIpc) is 2.08. The van der Waals surface area contributed by atoms with Crippen LogP contribution in [0.15, 0.2) is 12.1 Å². The number of benzene rings is 1. The van der Waals surface area contributed by atoms with Gasteiger partial charge in [-0.15, -0.1) is 6.42 Å².